The zero-order valence-corrected chi connectivity index (χ0v) is 12.9. The van der Waals surface area contributed by atoms with E-state index in [9.17, 15) is 0 Å². The fraction of sp³-hybridized carbons (Fsp3) is 0.846. The molecule has 0 fully saturated rings. The van der Waals surface area contributed by atoms with Gasteiger partial charge in [0, 0.05) is 12.5 Å². The number of hydrogen-bond acceptors (Lipinski definition) is 5. The van der Waals surface area contributed by atoms with Crippen molar-refractivity contribution in [1.82, 2.24) is 10.1 Å². The molecular formula is C13H25N3OS. The number of hydrogen-bond donors (Lipinski definition) is 1. The second-order valence-electron chi connectivity index (χ2n) is 6.19. The predicted octanol–water partition coefficient (Wildman–Crippen LogP) is 3.02. The SMILES string of the molecule is CC(C)SCc1noc(CC(N)CC(C)(C)C)n1. The zero-order valence-electron chi connectivity index (χ0n) is 12.1. The fourth-order valence-electron chi connectivity index (χ4n) is 1.76. The van der Waals surface area contributed by atoms with Gasteiger partial charge in [-0.3, -0.25) is 0 Å². The maximum atomic E-state index is 6.09. The van der Waals surface area contributed by atoms with Gasteiger partial charge < -0.3 is 10.3 Å². The van der Waals surface area contributed by atoms with Crippen LogP contribution in [0, 0.1) is 5.41 Å². The molecule has 0 aliphatic heterocycles. The highest BCUT2D eigenvalue weighted by molar-refractivity contribution is 7.99. The Hall–Kier alpha value is -0.550. The van der Waals surface area contributed by atoms with E-state index in [1.54, 1.807) is 0 Å². The molecule has 1 unspecified atom stereocenters. The van der Waals surface area contributed by atoms with Crippen molar-refractivity contribution in [2.45, 2.75) is 64.5 Å². The summed E-state index contributed by atoms with van der Waals surface area (Å²) in [4.78, 5) is 4.37. The van der Waals surface area contributed by atoms with Crippen molar-refractivity contribution in [3.8, 4) is 0 Å². The van der Waals surface area contributed by atoms with Gasteiger partial charge in [-0.05, 0) is 17.1 Å². The summed E-state index contributed by atoms with van der Waals surface area (Å²) in [6.45, 7) is 10.9. The van der Waals surface area contributed by atoms with E-state index >= 15 is 0 Å². The van der Waals surface area contributed by atoms with Crippen molar-refractivity contribution in [1.29, 1.82) is 0 Å². The third-order valence-electron chi connectivity index (χ3n) is 2.37. The van der Waals surface area contributed by atoms with Gasteiger partial charge in [-0.2, -0.15) is 16.7 Å². The monoisotopic (exact) mass is 271 g/mol. The van der Waals surface area contributed by atoms with Crippen molar-refractivity contribution < 1.29 is 4.52 Å². The lowest BCUT2D eigenvalue weighted by molar-refractivity contribution is 0.312. The Morgan fingerprint density at radius 3 is 2.56 bits per heavy atom. The summed E-state index contributed by atoms with van der Waals surface area (Å²) < 4.78 is 5.23. The highest BCUT2D eigenvalue weighted by atomic mass is 32.2. The Bertz CT molecular complexity index is 357. The normalized spacial score (nSPS) is 14.2. The average molecular weight is 271 g/mol. The smallest absolute Gasteiger partial charge is 0.228 e. The number of thioether (sulfide) groups is 1. The van der Waals surface area contributed by atoms with Crippen molar-refractivity contribution in [2.24, 2.45) is 11.1 Å². The van der Waals surface area contributed by atoms with Crippen LogP contribution < -0.4 is 5.73 Å². The molecule has 2 N–H and O–H groups in total. The first-order chi connectivity index (χ1) is 8.26. The maximum Gasteiger partial charge on any atom is 0.228 e. The summed E-state index contributed by atoms with van der Waals surface area (Å²) >= 11 is 1.81. The van der Waals surface area contributed by atoms with Crippen molar-refractivity contribution in [2.75, 3.05) is 0 Å². The van der Waals surface area contributed by atoms with Crippen LogP contribution >= 0.6 is 11.8 Å². The molecule has 0 amide bonds. The molecule has 5 heteroatoms. The van der Waals surface area contributed by atoms with Crippen LogP contribution in [0.2, 0.25) is 0 Å². The first-order valence-corrected chi connectivity index (χ1v) is 7.50. The molecule has 0 aromatic carbocycles. The van der Waals surface area contributed by atoms with Crippen LogP contribution in [0.25, 0.3) is 0 Å². The molecule has 0 saturated heterocycles. The van der Waals surface area contributed by atoms with Gasteiger partial charge in [-0.25, -0.2) is 0 Å². The molecule has 1 heterocycles. The number of nitrogens with two attached hydrogens (primary N) is 1. The fourth-order valence-corrected chi connectivity index (χ4v) is 2.36. The van der Waals surface area contributed by atoms with Crippen molar-refractivity contribution in [3.05, 3.63) is 11.7 Å². The molecule has 1 aromatic heterocycles. The first kappa shape index (κ1) is 15.5. The third-order valence-corrected chi connectivity index (χ3v) is 3.46. The molecule has 0 aliphatic carbocycles. The Morgan fingerprint density at radius 2 is 2.00 bits per heavy atom. The summed E-state index contributed by atoms with van der Waals surface area (Å²) in [6.07, 6.45) is 1.61. The van der Waals surface area contributed by atoms with E-state index < -0.39 is 0 Å². The van der Waals surface area contributed by atoms with Crippen molar-refractivity contribution >= 4 is 11.8 Å². The molecule has 0 saturated carbocycles. The Morgan fingerprint density at radius 1 is 1.33 bits per heavy atom. The topological polar surface area (TPSA) is 64.9 Å². The Balaban J connectivity index is 2.43. The van der Waals surface area contributed by atoms with Gasteiger partial charge in [-0.1, -0.05) is 39.8 Å². The summed E-state index contributed by atoms with van der Waals surface area (Å²) in [7, 11) is 0. The predicted molar refractivity (Wildman–Crippen MR) is 76.5 cm³/mol. The van der Waals surface area contributed by atoms with Crippen LogP contribution in [-0.2, 0) is 12.2 Å². The molecule has 1 rings (SSSR count). The van der Waals surface area contributed by atoms with E-state index in [0.29, 0.717) is 17.6 Å². The molecule has 18 heavy (non-hydrogen) atoms. The Kier molecular flexibility index (Phi) is 5.66. The van der Waals surface area contributed by atoms with Gasteiger partial charge in [-0.15, -0.1) is 0 Å². The van der Waals surface area contributed by atoms with Crippen LogP contribution in [0.1, 0.15) is 52.8 Å². The lowest BCUT2D eigenvalue weighted by Gasteiger charge is -2.21. The summed E-state index contributed by atoms with van der Waals surface area (Å²) in [6, 6.07) is 0.0797. The van der Waals surface area contributed by atoms with E-state index in [-0.39, 0.29) is 11.5 Å². The largest absolute Gasteiger partial charge is 0.339 e. The van der Waals surface area contributed by atoms with Crippen LogP contribution in [0.3, 0.4) is 0 Å². The quantitative estimate of drug-likeness (QED) is 0.861. The second-order valence-corrected chi connectivity index (χ2v) is 7.76. The third kappa shape index (κ3) is 6.40. The van der Waals surface area contributed by atoms with E-state index in [1.807, 2.05) is 11.8 Å². The summed E-state index contributed by atoms with van der Waals surface area (Å²) in [5, 5.41) is 4.55. The number of aromatic nitrogens is 2. The van der Waals surface area contributed by atoms with Crippen molar-refractivity contribution in [3.63, 3.8) is 0 Å². The van der Waals surface area contributed by atoms with E-state index in [0.717, 1.165) is 18.0 Å². The molecule has 4 nitrogen and oxygen atoms in total. The molecular weight excluding hydrogens is 246 g/mol. The lowest BCUT2D eigenvalue weighted by atomic mass is 9.87. The standard InChI is InChI=1S/C13H25N3OS/c1-9(2)18-8-11-15-12(17-16-11)6-10(14)7-13(3,4)5/h9-10H,6-8,14H2,1-5H3. The van der Waals surface area contributed by atoms with Crippen LogP contribution in [0.4, 0.5) is 0 Å². The molecule has 0 aliphatic rings. The molecule has 0 spiro atoms. The lowest BCUT2D eigenvalue weighted by Crippen LogP contribution is -2.28. The second kappa shape index (κ2) is 6.57. The molecule has 0 radical (unpaired) electrons. The van der Waals surface area contributed by atoms with Gasteiger partial charge >= 0.3 is 0 Å². The molecule has 0 bridgehead atoms. The number of nitrogens with zero attached hydrogens (tertiary/aromatic N) is 2. The number of rotatable bonds is 6. The van der Waals surface area contributed by atoms with Crippen LogP contribution in [0.5, 0.6) is 0 Å². The highest BCUT2D eigenvalue weighted by Crippen LogP contribution is 2.21. The van der Waals surface area contributed by atoms with Gasteiger partial charge in [0.1, 0.15) is 0 Å². The molecule has 1 atom stereocenters. The Labute approximate surface area is 114 Å². The van der Waals surface area contributed by atoms with Gasteiger partial charge in [0.05, 0.1) is 5.75 Å². The average Bonchev–Trinajstić information content (AvgIpc) is 2.59. The van der Waals surface area contributed by atoms with E-state index in [1.165, 1.54) is 0 Å². The molecule has 104 valence electrons. The minimum Gasteiger partial charge on any atom is -0.339 e. The summed E-state index contributed by atoms with van der Waals surface area (Å²) in [5.74, 6) is 2.23. The van der Waals surface area contributed by atoms with Crippen LogP contribution in [0.15, 0.2) is 4.52 Å². The highest BCUT2D eigenvalue weighted by Gasteiger charge is 2.18. The minimum absolute atomic E-state index is 0.0797. The minimum atomic E-state index is 0.0797. The summed E-state index contributed by atoms with van der Waals surface area (Å²) in [5.41, 5.74) is 6.32. The van der Waals surface area contributed by atoms with Gasteiger partial charge in [0.25, 0.3) is 0 Å². The van der Waals surface area contributed by atoms with E-state index in [4.69, 9.17) is 10.3 Å². The van der Waals surface area contributed by atoms with Gasteiger partial charge in [0.15, 0.2) is 5.82 Å². The van der Waals surface area contributed by atoms with Gasteiger partial charge in [0.2, 0.25) is 5.89 Å². The first-order valence-electron chi connectivity index (χ1n) is 6.45. The van der Waals surface area contributed by atoms with E-state index in [2.05, 4.69) is 44.8 Å². The zero-order chi connectivity index (χ0) is 13.8. The van der Waals surface area contributed by atoms with Crippen LogP contribution in [-0.4, -0.2) is 21.4 Å². The maximum absolute atomic E-state index is 6.09. The molecule has 1 aromatic rings.